The van der Waals surface area contributed by atoms with Crippen LogP contribution < -0.4 is 0 Å². The van der Waals surface area contributed by atoms with Crippen LogP contribution in [0.3, 0.4) is 0 Å². The summed E-state index contributed by atoms with van der Waals surface area (Å²) >= 11 is 0. The van der Waals surface area contributed by atoms with Gasteiger partial charge in [0.25, 0.3) is 0 Å². The number of aryl methyl sites for hydroxylation is 1. The van der Waals surface area contributed by atoms with Crippen molar-refractivity contribution in [1.82, 2.24) is 9.80 Å². The molecule has 4 heteroatoms. The second-order valence-corrected chi connectivity index (χ2v) is 7.95. The molecule has 0 saturated carbocycles. The fraction of sp³-hybridized carbons (Fsp3) is 0.667. The molecule has 4 rings (SSSR count). The van der Waals surface area contributed by atoms with Crippen LogP contribution in [0.2, 0.25) is 0 Å². The van der Waals surface area contributed by atoms with Gasteiger partial charge >= 0.3 is 0 Å². The van der Waals surface area contributed by atoms with Crippen molar-refractivity contribution in [3.63, 3.8) is 0 Å². The molecule has 3 aliphatic heterocycles. The van der Waals surface area contributed by atoms with Crippen LogP contribution in [0.5, 0.6) is 0 Å². The summed E-state index contributed by atoms with van der Waals surface area (Å²) in [6.45, 7) is 7.54. The number of fused-ring (bicyclic) bond motifs is 1. The number of hydrogen-bond acceptors (Lipinski definition) is 3. The van der Waals surface area contributed by atoms with Crippen molar-refractivity contribution in [3.8, 4) is 0 Å². The number of benzene rings is 1. The maximum Gasteiger partial charge on any atom is 0.233 e. The van der Waals surface area contributed by atoms with Gasteiger partial charge in [0.1, 0.15) is 0 Å². The highest BCUT2D eigenvalue weighted by Crippen LogP contribution is 2.39. The van der Waals surface area contributed by atoms with Gasteiger partial charge in [0, 0.05) is 38.9 Å². The third-order valence-corrected chi connectivity index (χ3v) is 6.54. The third-order valence-electron chi connectivity index (χ3n) is 6.54. The lowest BCUT2D eigenvalue weighted by atomic mass is 9.71. The zero-order valence-corrected chi connectivity index (χ0v) is 15.4. The van der Waals surface area contributed by atoms with Crippen molar-refractivity contribution in [2.24, 2.45) is 0 Å². The smallest absolute Gasteiger partial charge is 0.233 e. The summed E-state index contributed by atoms with van der Waals surface area (Å²) in [7, 11) is 0. The van der Waals surface area contributed by atoms with Gasteiger partial charge in [-0.05, 0) is 50.3 Å². The lowest BCUT2D eigenvalue weighted by Gasteiger charge is -2.47. The topological polar surface area (TPSA) is 32.8 Å². The molecule has 1 amide bonds. The van der Waals surface area contributed by atoms with Crippen molar-refractivity contribution < 1.29 is 9.53 Å². The molecule has 0 N–H and O–H groups in total. The van der Waals surface area contributed by atoms with E-state index in [1.807, 2.05) is 0 Å². The van der Waals surface area contributed by atoms with Crippen LogP contribution in [0.15, 0.2) is 24.3 Å². The van der Waals surface area contributed by atoms with E-state index in [9.17, 15) is 4.79 Å². The Kier molecular flexibility index (Phi) is 4.83. The summed E-state index contributed by atoms with van der Waals surface area (Å²) in [4.78, 5) is 18.5. The molecule has 0 spiro atoms. The molecule has 0 bridgehead atoms. The average molecular weight is 342 g/mol. The van der Waals surface area contributed by atoms with E-state index < -0.39 is 0 Å². The van der Waals surface area contributed by atoms with Crippen LogP contribution in [0.25, 0.3) is 0 Å². The van der Waals surface area contributed by atoms with Crippen LogP contribution in [0.1, 0.15) is 43.2 Å². The highest BCUT2D eigenvalue weighted by Gasteiger charge is 2.46. The fourth-order valence-corrected chi connectivity index (χ4v) is 5.07. The monoisotopic (exact) mass is 342 g/mol. The van der Waals surface area contributed by atoms with E-state index in [4.69, 9.17) is 4.74 Å². The molecule has 136 valence electrons. The van der Waals surface area contributed by atoms with Gasteiger partial charge in [-0.2, -0.15) is 0 Å². The van der Waals surface area contributed by atoms with E-state index in [2.05, 4.69) is 41.0 Å². The Labute approximate surface area is 151 Å². The molecule has 0 aromatic heterocycles. The van der Waals surface area contributed by atoms with Gasteiger partial charge in [-0.15, -0.1) is 0 Å². The van der Waals surface area contributed by atoms with E-state index in [1.54, 1.807) is 0 Å². The van der Waals surface area contributed by atoms with E-state index >= 15 is 0 Å². The van der Waals surface area contributed by atoms with Gasteiger partial charge < -0.3 is 9.64 Å². The molecule has 4 nitrogen and oxygen atoms in total. The second-order valence-electron chi connectivity index (χ2n) is 7.95. The summed E-state index contributed by atoms with van der Waals surface area (Å²) in [5, 5.41) is 0. The van der Waals surface area contributed by atoms with E-state index in [-0.39, 0.29) is 5.41 Å². The average Bonchev–Trinajstić information content (AvgIpc) is 2.68. The Morgan fingerprint density at radius 1 is 1.12 bits per heavy atom. The van der Waals surface area contributed by atoms with Crippen molar-refractivity contribution in [2.45, 2.75) is 50.5 Å². The highest BCUT2D eigenvalue weighted by molar-refractivity contribution is 5.89. The van der Waals surface area contributed by atoms with Crippen molar-refractivity contribution in [2.75, 3.05) is 39.4 Å². The minimum absolute atomic E-state index is 0.343. The van der Waals surface area contributed by atoms with Gasteiger partial charge in [0.05, 0.1) is 5.41 Å². The molecule has 3 heterocycles. The minimum atomic E-state index is -0.388. The lowest BCUT2D eigenvalue weighted by molar-refractivity contribution is -0.145. The maximum absolute atomic E-state index is 13.8. The van der Waals surface area contributed by atoms with Crippen LogP contribution in [0.4, 0.5) is 0 Å². The largest absolute Gasteiger partial charge is 0.381 e. The van der Waals surface area contributed by atoms with Gasteiger partial charge in [0.15, 0.2) is 0 Å². The fourth-order valence-electron chi connectivity index (χ4n) is 5.07. The van der Waals surface area contributed by atoms with Gasteiger partial charge in [-0.1, -0.05) is 30.7 Å². The molecule has 0 aliphatic carbocycles. The zero-order valence-electron chi connectivity index (χ0n) is 15.4. The number of ether oxygens (including phenoxy) is 1. The number of hydrogen-bond donors (Lipinski definition) is 0. The highest BCUT2D eigenvalue weighted by atomic mass is 16.5. The van der Waals surface area contributed by atoms with Gasteiger partial charge in [-0.3, -0.25) is 9.69 Å². The van der Waals surface area contributed by atoms with Gasteiger partial charge in [-0.25, -0.2) is 0 Å². The standard InChI is InChI=1S/C21H30N2O2/c1-17-6-2-3-8-19(17)21(9-14-25-15-10-21)20(24)23-13-12-22-11-5-4-7-18(22)16-23/h2-3,6,8,18H,4-5,7,9-16H2,1H3/t18-/m1/s1. The summed E-state index contributed by atoms with van der Waals surface area (Å²) < 4.78 is 5.63. The van der Waals surface area contributed by atoms with Crippen molar-refractivity contribution >= 4 is 5.91 Å². The first kappa shape index (κ1) is 17.0. The molecule has 3 aliphatic rings. The molecule has 3 saturated heterocycles. The molecule has 1 aromatic rings. The lowest BCUT2D eigenvalue weighted by Crippen LogP contribution is -2.60. The molecule has 0 radical (unpaired) electrons. The number of carbonyl (C=O) groups is 1. The van der Waals surface area contributed by atoms with Crippen LogP contribution in [0, 0.1) is 6.92 Å². The Balaban J connectivity index is 1.61. The van der Waals surface area contributed by atoms with Gasteiger partial charge in [0.2, 0.25) is 5.91 Å². The maximum atomic E-state index is 13.8. The number of rotatable bonds is 2. The number of piperazine rings is 1. The number of amides is 1. The van der Waals surface area contributed by atoms with Crippen LogP contribution in [-0.2, 0) is 14.9 Å². The summed E-state index contributed by atoms with van der Waals surface area (Å²) in [6.07, 6.45) is 5.47. The molecule has 25 heavy (non-hydrogen) atoms. The van der Waals surface area contributed by atoms with Crippen LogP contribution in [-0.4, -0.2) is 61.1 Å². The Hall–Kier alpha value is -1.39. The molecular formula is C21H30N2O2. The predicted molar refractivity (Wildman–Crippen MR) is 98.7 cm³/mol. The Bertz CT molecular complexity index is 624. The number of piperidine rings is 1. The molecular weight excluding hydrogens is 312 g/mol. The predicted octanol–water partition coefficient (Wildman–Crippen LogP) is 2.74. The molecule has 1 atom stereocenters. The molecule has 3 fully saturated rings. The normalized spacial score (nSPS) is 26.9. The Morgan fingerprint density at radius 2 is 1.92 bits per heavy atom. The zero-order chi connectivity index (χ0) is 17.3. The first-order valence-electron chi connectivity index (χ1n) is 9.88. The number of nitrogens with zero attached hydrogens (tertiary/aromatic N) is 2. The Morgan fingerprint density at radius 3 is 2.72 bits per heavy atom. The molecule has 1 aromatic carbocycles. The summed E-state index contributed by atoms with van der Waals surface area (Å²) in [5.41, 5.74) is 2.06. The quantitative estimate of drug-likeness (QED) is 0.828. The first-order chi connectivity index (χ1) is 12.2. The van der Waals surface area contributed by atoms with E-state index in [0.29, 0.717) is 25.2 Å². The first-order valence-corrected chi connectivity index (χ1v) is 9.88. The van der Waals surface area contributed by atoms with Crippen molar-refractivity contribution in [1.29, 1.82) is 0 Å². The second kappa shape index (κ2) is 7.08. The minimum Gasteiger partial charge on any atom is -0.381 e. The van der Waals surface area contributed by atoms with Crippen molar-refractivity contribution in [3.05, 3.63) is 35.4 Å². The molecule has 0 unspecified atom stereocenters. The third kappa shape index (κ3) is 3.11. The summed E-state index contributed by atoms with van der Waals surface area (Å²) in [6, 6.07) is 9.01. The number of carbonyl (C=O) groups excluding carboxylic acids is 1. The SMILES string of the molecule is Cc1ccccc1C1(C(=O)N2CCN3CCCC[C@@H]3C2)CCOCC1. The van der Waals surface area contributed by atoms with E-state index in [0.717, 1.165) is 32.5 Å². The van der Waals surface area contributed by atoms with E-state index in [1.165, 1.54) is 36.9 Å². The van der Waals surface area contributed by atoms with Crippen LogP contribution >= 0.6 is 0 Å². The summed E-state index contributed by atoms with van der Waals surface area (Å²) in [5.74, 6) is 0.343.